The van der Waals surface area contributed by atoms with E-state index >= 15 is 0 Å². The van der Waals surface area contributed by atoms with Gasteiger partial charge in [0.1, 0.15) is 23.2 Å². The zero-order chi connectivity index (χ0) is 22.6. The first-order chi connectivity index (χ1) is 15.4. The van der Waals surface area contributed by atoms with Gasteiger partial charge in [-0.2, -0.15) is 5.26 Å². The van der Waals surface area contributed by atoms with Gasteiger partial charge in [-0.15, -0.1) is 0 Å². The minimum Gasteiger partial charge on any atom is -0.440 e. The van der Waals surface area contributed by atoms with Crippen molar-refractivity contribution in [2.24, 2.45) is 5.73 Å². The topological polar surface area (TPSA) is 112 Å². The first-order valence-electron chi connectivity index (χ1n) is 9.87. The van der Waals surface area contributed by atoms with Crippen LogP contribution >= 0.6 is 0 Å². The van der Waals surface area contributed by atoms with Crippen LogP contribution in [-0.2, 0) is 16.8 Å². The third-order valence-corrected chi connectivity index (χ3v) is 5.91. The fourth-order valence-electron chi connectivity index (χ4n) is 4.60. The van der Waals surface area contributed by atoms with Crippen LogP contribution in [0.15, 0.2) is 70.8 Å². The molecule has 0 radical (unpaired) electrons. The fraction of sp³-hybridized carbons (Fsp3) is 0.125. The molecule has 1 aromatic heterocycles. The number of pyridine rings is 1. The number of benzene rings is 2. The van der Waals surface area contributed by atoms with Crippen LogP contribution in [-0.4, -0.2) is 10.9 Å². The van der Waals surface area contributed by atoms with Gasteiger partial charge in [0.25, 0.3) is 5.56 Å². The third-order valence-electron chi connectivity index (χ3n) is 5.91. The maximum absolute atomic E-state index is 14.4. The number of para-hydroxylation sites is 1. The van der Waals surface area contributed by atoms with Crippen LogP contribution < -0.4 is 20.9 Å². The number of nitriles is 1. The van der Waals surface area contributed by atoms with Gasteiger partial charge < -0.3 is 20.4 Å². The summed E-state index contributed by atoms with van der Waals surface area (Å²) in [6.07, 6.45) is 0. The minimum atomic E-state index is -1.80. The van der Waals surface area contributed by atoms with Crippen molar-refractivity contribution in [1.29, 1.82) is 5.26 Å². The van der Waals surface area contributed by atoms with E-state index in [0.717, 1.165) is 0 Å². The number of hydrogen-bond acceptors (Lipinski definition) is 5. The van der Waals surface area contributed by atoms with Crippen LogP contribution in [0.1, 0.15) is 22.4 Å². The smallest absolute Gasteiger partial charge is 0.256 e. The van der Waals surface area contributed by atoms with Gasteiger partial charge in [-0.05, 0) is 19.1 Å². The van der Waals surface area contributed by atoms with Crippen molar-refractivity contribution in [2.45, 2.75) is 18.9 Å². The highest BCUT2D eigenvalue weighted by atomic mass is 19.1. The molecular weight excluding hydrogens is 411 g/mol. The molecule has 1 amide bonds. The van der Waals surface area contributed by atoms with Crippen LogP contribution in [0.25, 0.3) is 0 Å². The zero-order valence-electron chi connectivity index (χ0n) is 17.0. The summed E-state index contributed by atoms with van der Waals surface area (Å²) in [4.78, 5) is 31.3. The lowest BCUT2D eigenvalue weighted by Crippen LogP contribution is -2.48. The van der Waals surface area contributed by atoms with Gasteiger partial charge in [-0.25, -0.2) is 4.39 Å². The van der Waals surface area contributed by atoms with Crippen molar-refractivity contribution in [3.8, 4) is 11.8 Å². The lowest BCUT2D eigenvalue weighted by atomic mass is 9.69. The molecule has 1 unspecified atom stereocenters. The molecule has 3 N–H and O–H groups in total. The Morgan fingerprint density at radius 2 is 1.91 bits per heavy atom. The number of hydrogen-bond donors (Lipinski definition) is 2. The monoisotopic (exact) mass is 428 g/mol. The molecule has 1 spiro atoms. The van der Waals surface area contributed by atoms with E-state index in [4.69, 9.17) is 10.5 Å². The summed E-state index contributed by atoms with van der Waals surface area (Å²) < 4.78 is 20.0. The highest BCUT2D eigenvalue weighted by Crippen LogP contribution is 2.54. The number of ether oxygens (including phenoxy) is 1. The molecule has 0 bridgehead atoms. The molecule has 0 saturated carbocycles. The van der Waals surface area contributed by atoms with Gasteiger partial charge in [0, 0.05) is 28.6 Å². The fourth-order valence-corrected chi connectivity index (χ4v) is 4.60. The van der Waals surface area contributed by atoms with Gasteiger partial charge >= 0.3 is 0 Å². The number of aromatic amines is 1. The highest BCUT2D eigenvalue weighted by Gasteiger charge is 2.60. The first kappa shape index (κ1) is 19.6. The maximum Gasteiger partial charge on any atom is 0.256 e. The van der Waals surface area contributed by atoms with Gasteiger partial charge in [-0.1, -0.05) is 36.4 Å². The molecule has 2 aliphatic heterocycles. The van der Waals surface area contributed by atoms with E-state index in [2.05, 4.69) is 4.98 Å². The second-order valence-corrected chi connectivity index (χ2v) is 7.72. The lowest BCUT2D eigenvalue weighted by molar-refractivity contribution is -0.121. The Morgan fingerprint density at radius 1 is 1.19 bits per heavy atom. The molecule has 0 aliphatic carbocycles. The van der Waals surface area contributed by atoms with Crippen molar-refractivity contribution in [3.63, 3.8) is 0 Å². The lowest BCUT2D eigenvalue weighted by Gasteiger charge is -2.33. The number of nitrogens with one attached hydrogen (secondary N) is 1. The number of aromatic nitrogens is 1. The zero-order valence-corrected chi connectivity index (χ0v) is 17.0. The molecule has 2 aromatic carbocycles. The number of nitrogens with zero attached hydrogens (tertiary/aromatic N) is 2. The Kier molecular flexibility index (Phi) is 4.17. The molecule has 2 aliphatic rings. The summed E-state index contributed by atoms with van der Waals surface area (Å²) in [7, 11) is 0. The summed E-state index contributed by atoms with van der Waals surface area (Å²) in [6, 6.07) is 16.5. The summed E-state index contributed by atoms with van der Waals surface area (Å²) >= 11 is 0. The Hall–Kier alpha value is -4.38. The van der Waals surface area contributed by atoms with Crippen molar-refractivity contribution in [1.82, 2.24) is 4.98 Å². The van der Waals surface area contributed by atoms with E-state index in [0.29, 0.717) is 22.5 Å². The van der Waals surface area contributed by atoms with Crippen LogP contribution in [0, 0.1) is 24.1 Å². The maximum atomic E-state index is 14.4. The Balaban J connectivity index is 1.84. The number of aryl methyl sites for hydroxylation is 1. The molecule has 0 fully saturated rings. The van der Waals surface area contributed by atoms with E-state index in [-0.39, 0.29) is 29.3 Å². The van der Waals surface area contributed by atoms with Gasteiger partial charge in [-0.3, -0.25) is 9.59 Å². The standard InChI is InChI=1S/C24H17FN4O3/c1-13-10-19-20(22(30)28-13)24(16(11-26)21(27)32-19)15-7-3-5-9-18(15)29(23(24)31)12-14-6-2-4-8-17(14)25/h2-10H,12,27H2,1H3,(H,28,30). The van der Waals surface area contributed by atoms with Crippen molar-refractivity contribution < 1.29 is 13.9 Å². The van der Waals surface area contributed by atoms with E-state index in [1.807, 2.05) is 6.07 Å². The summed E-state index contributed by atoms with van der Waals surface area (Å²) in [5, 5.41) is 10.0. The van der Waals surface area contributed by atoms with Gasteiger partial charge in [0.15, 0.2) is 5.41 Å². The van der Waals surface area contributed by atoms with E-state index < -0.39 is 22.7 Å². The SMILES string of the molecule is Cc1cc2c(c(=O)[nH]1)C1(C(=O)N(Cc3ccccc3F)c3ccccc31)C(C#N)=C(N)O2. The number of carbonyl (C=O) groups excluding carboxylic acids is 1. The third kappa shape index (κ3) is 2.45. The quantitative estimate of drug-likeness (QED) is 0.652. The number of amides is 1. The van der Waals surface area contributed by atoms with Crippen LogP contribution in [0.2, 0.25) is 0 Å². The number of halogens is 1. The van der Waals surface area contributed by atoms with Crippen molar-refractivity contribution in [2.75, 3.05) is 4.90 Å². The largest absolute Gasteiger partial charge is 0.440 e. The predicted molar refractivity (Wildman–Crippen MR) is 114 cm³/mol. The van der Waals surface area contributed by atoms with Crippen LogP contribution in [0.5, 0.6) is 5.75 Å². The molecule has 0 saturated heterocycles. The normalized spacial score (nSPS) is 18.9. The second kappa shape index (κ2) is 6.82. The molecule has 32 heavy (non-hydrogen) atoms. The van der Waals surface area contributed by atoms with E-state index in [1.165, 1.54) is 11.0 Å². The first-order valence-corrected chi connectivity index (χ1v) is 9.87. The van der Waals surface area contributed by atoms with Gasteiger partial charge in [0.2, 0.25) is 11.8 Å². The number of anilines is 1. The molecule has 8 heteroatoms. The molecule has 7 nitrogen and oxygen atoms in total. The van der Waals surface area contributed by atoms with Gasteiger partial charge in [0.05, 0.1) is 12.1 Å². The summed E-state index contributed by atoms with van der Waals surface area (Å²) in [5.41, 5.74) is 5.25. The number of rotatable bonds is 2. The average Bonchev–Trinajstić information content (AvgIpc) is 2.98. The Morgan fingerprint density at radius 3 is 2.66 bits per heavy atom. The number of H-pyrrole nitrogens is 1. The number of nitrogens with two attached hydrogens (primary N) is 1. The summed E-state index contributed by atoms with van der Waals surface area (Å²) in [5.74, 6) is -1.17. The van der Waals surface area contributed by atoms with E-state index in [1.54, 1.807) is 55.5 Å². The summed E-state index contributed by atoms with van der Waals surface area (Å²) in [6.45, 7) is 1.59. The molecule has 3 heterocycles. The molecule has 158 valence electrons. The van der Waals surface area contributed by atoms with Crippen LogP contribution in [0.3, 0.4) is 0 Å². The molecule has 3 aromatic rings. The molecular formula is C24H17FN4O3. The van der Waals surface area contributed by atoms with E-state index in [9.17, 15) is 19.2 Å². The van der Waals surface area contributed by atoms with Crippen molar-refractivity contribution in [3.05, 3.63) is 105 Å². The number of fused-ring (bicyclic) bond motifs is 4. The second-order valence-electron chi connectivity index (χ2n) is 7.72. The highest BCUT2D eigenvalue weighted by molar-refractivity contribution is 6.14. The van der Waals surface area contributed by atoms with Crippen LogP contribution in [0.4, 0.5) is 10.1 Å². The van der Waals surface area contributed by atoms with Crippen molar-refractivity contribution >= 4 is 11.6 Å². The molecule has 5 rings (SSSR count). The Labute approximate surface area is 182 Å². The molecule has 1 atom stereocenters. The minimum absolute atomic E-state index is 0.0117. The average molecular weight is 428 g/mol. The number of carbonyl (C=O) groups is 1. The Bertz CT molecular complexity index is 1440. The predicted octanol–water partition coefficient (Wildman–Crippen LogP) is 2.74.